The summed E-state index contributed by atoms with van der Waals surface area (Å²) < 4.78 is 32.3. The number of alkyl carbamates (subject to hydrolysis) is 1. The molecule has 0 bridgehead atoms. The maximum Gasteiger partial charge on any atom is 0.407 e. The number of carbonyl (C=O) groups is 2. The van der Waals surface area contributed by atoms with Crippen LogP contribution in [0.1, 0.15) is 37.6 Å². The van der Waals surface area contributed by atoms with Crippen molar-refractivity contribution in [2.75, 3.05) is 13.1 Å². The number of ether oxygens (including phenoxy) is 1. The lowest BCUT2D eigenvalue weighted by Gasteiger charge is -2.22. The molecular weight excluding hydrogens is 386 g/mol. The molecule has 0 aliphatic carbocycles. The minimum absolute atomic E-state index is 0.0230. The summed E-state index contributed by atoms with van der Waals surface area (Å²) in [7, 11) is 0. The van der Waals surface area contributed by atoms with Gasteiger partial charge in [-0.1, -0.05) is 0 Å². The fraction of sp³-hybridized carbons (Fsp3) is 0.500. The van der Waals surface area contributed by atoms with Crippen LogP contribution in [0.3, 0.4) is 0 Å². The SMILES string of the molecule is CC(C)(C)OC(=O)N[C@@H]1CCN(C(=O)c2cc(Br)c(F)cc2F)C1. The first-order valence-corrected chi connectivity index (χ1v) is 8.29. The number of hydrogen-bond donors (Lipinski definition) is 1. The second kappa shape index (κ2) is 7.04. The Morgan fingerprint density at radius 2 is 1.96 bits per heavy atom. The van der Waals surface area contributed by atoms with Crippen LogP contribution in [0.25, 0.3) is 0 Å². The van der Waals surface area contributed by atoms with Gasteiger partial charge in [0.25, 0.3) is 5.91 Å². The highest BCUT2D eigenvalue weighted by Gasteiger charge is 2.30. The second-order valence-electron chi connectivity index (χ2n) is 6.63. The number of halogens is 3. The predicted octanol–water partition coefficient (Wildman–Crippen LogP) is 3.47. The molecule has 1 aliphatic heterocycles. The molecule has 1 N–H and O–H groups in total. The van der Waals surface area contributed by atoms with E-state index in [0.29, 0.717) is 19.0 Å². The molecule has 1 heterocycles. The maximum atomic E-state index is 13.8. The third-order valence-corrected chi connectivity index (χ3v) is 4.04. The highest BCUT2D eigenvalue weighted by Crippen LogP contribution is 2.23. The molecule has 132 valence electrons. The van der Waals surface area contributed by atoms with E-state index in [9.17, 15) is 18.4 Å². The molecule has 1 aromatic rings. The smallest absolute Gasteiger partial charge is 0.407 e. The number of likely N-dealkylation sites (tertiary alicyclic amines) is 1. The molecule has 1 atom stereocenters. The van der Waals surface area contributed by atoms with Crippen LogP contribution in [-0.2, 0) is 4.74 Å². The van der Waals surface area contributed by atoms with Crippen molar-refractivity contribution in [2.45, 2.75) is 38.8 Å². The molecule has 1 fully saturated rings. The Morgan fingerprint density at radius 1 is 1.29 bits per heavy atom. The van der Waals surface area contributed by atoms with Gasteiger partial charge in [0.15, 0.2) is 0 Å². The molecule has 24 heavy (non-hydrogen) atoms. The van der Waals surface area contributed by atoms with Crippen molar-refractivity contribution < 1.29 is 23.1 Å². The lowest BCUT2D eigenvalue weighted by Crippen LogP contribution is -2.41. The fourth-order valence-electron chi connectivity index (χ4n) is 2.39. The van der Waals surface area contributed by atoms with Crippen LogP contribution in [0.4, 0.5) is 13.6 Å². The van der Waals surface area contributed by atoms with E-state index >= 15 is 0 Å². The van der Waals surface area contributed by atoms with Gasteiger partial charge < -0.3 is 15.0 Å². The van der Waals surface area contributed by atoms with Gasteiger partial charge in [-0.25, -0.2) is 13.6 Å². The van der Waals surface area contributed by atoms with E-state index in [0.717, 1.165) is 6.07 Å². The lowest BCUT2D eigenvalue weighted by atomic mass is 10.2. The Kier molecular flexibility index (Phi) is 5.47. The van der Waals surface area contributed by atoms with Gasteiger partial charge in [0.2, 0.25) is 0 Å². The van der Waals surface area contributed by atoms with E-state index in [-0.39, 0.29) is 22.6 Å². The van der Waals surface area contributed by atoms with E-state index < -0.39 is 29.2 Å². The van der Waals surface area contributed by atoms with E-state index in [1.54, 1.807) is 20.8 Å². The summed E-state index contributed by atoms with van der Waals surface area (Å²) in [5.41, 5.74) is -0.817. The van der Waals surface area contributed by atoms with E-state index in [1.807, 2.05) is 0 Å². The molecule has 0 radical (unpaired) electrons. The standard InChI is InChI=1S/C16H19BrF2N2O3/c1-16(2,3)24-15(23)20-9-4-5-21(8-9)14(22)10-6-11(17)13(19)7-12(10)18/h6-7,9H,4-5,8H2,1-3H3,(H,20,23)/t9-/m1/s1. The highest BCUT2D eigenvalue weighted by atomic mass is 79.9. The monoisotopic (exact) mass is 404 g/mol. The van der Waals surface area contributed by atoms with E-state index in [2.05, 4.69) is 21.2 Å². The third kappa shape index (κ3) is 4.66. The van der Waals surface area contributed by atoms with E-state index in [4.69, 9.17) is 4.74 Å². The van der Waals surface area contributed by atoms with Crippen molar-refractivity contribution >= 4 is 27.9 Å². The van der Waals surface area contributed by atoms with Crippen LogP contribution in [0.5, 0.6) is 0 Å². The number of hydrogen-bond acceptors (Lipinski definition) is 3. The van der Waals surface area contributed by atoms with E-state index in [1.165, 1.54) is 4.90 Å². The first-order valence-electron chi connectivity index (χ1n) is 7.50. The molecule has 0 saturated carbocycles. The molecule has 0 unspecified atom stereocenters. The summed E-state index contributed by atoms with van der Waals surface area (Å²) >= 11 is 2.94. The minimum Gasteiger partial charge on any atom is -0.444 e. The molecule has 1 saturated heterocycles. The van der Waals surface area contributed by atoms with Gasteiger partial charge >= 0.3 is 6.09 Å². The molecular formula is C16H19BrF2N2O3. The Morgan fingerprint density at radius 3 is 2.58 bits per heavy atom. The predicted molar refractivity (Wildman–Crippen MR) is 87.7 cm³/mol. The van der Waals surface area contributed by atoms with Crippen molar-refractivity contribution in [3.8, 4) is 0 Å². The molecule has 5 nitrogen and oxygen atoms in total. The number of amides is 2. The summed E-state index contributed by atoms with van der Waals surface area (Å²) in [4.78, 5) is 25.6. The van der Waals surface area contributed by atoms with Gasteiger partial charge in [0, 0.05) is 19.2 Å². The topological polar surface area (TPSA) is 58.6 Å². The van der Waals surface area contributed by atoms with Crippen LogP contribution >= 0.6 is 15.9 Å². The number of carbonyl (C=O) groups excluding carboxylic acids is 2. The van der Waals surface area contributed by atoms with Gasteiger partial charge in [-0.15, -0.1) is 0 Å². The van der Waals surface area contributed by atoms with Gasteiger partial charge in [0.05, 0.1) is 16.1 Å². The Balaban J connectivity index is 1.99. The summed E-state index contributed by atoms with van der Waals surface area (Å²) in [5, 5.41) is 2.69. The minimum atomic E-state index is -0.913. The van der Waals surface area contributed by atoms with Crippen molar-refractivity contribution in [3.05, 3.63) is 33.8 Å². The Bertz CT molecular complexity index is 661. The molecule has 0 spiro atoms. The second-order valence-corrected chi connectivity index (χ2v) is 7.48. The third-order valence-electron chi connectivity index (χ3n) is 3.44. The Labute approximate surface area is 147 Å². The number of nitrogens with zero attached hydrogens (tertiary/aromatic N) is 1. The molecule has 1 aliphatic rings. The number of rotatable bonds is 2. The lowest BCUT2D eigenvalue weighted by molar-refractivity contribution is 0.0502. The van der Waals surface area contributed by atoms with Crippen molar-refractivity contribution in [1.29, 1.82) is 0 Å². The van der Waals surface area contributed by atoms with Crippen LogP contribution in [0.15, 0.2) is 16.6 Å². The number of nitrogens with one attached hydrogen (secondary N) is 1. The van der Waals surface area contributed by atoms with Crippen molar-refractivity contribution in [2.24, 2.45) is 0 Å². The molecule has 1 aromatic carbocycles. The summed E-state index contributed by atoms with van der Waals surface area (Å²) in [6, 6.07) is 1.53. The first kappa shape index (κ1) is 18.6. The average molecular weight is 405 g/mol. The van der Waals surface area contributed by atoms with Gasteiger partial charge in [-0.3, -0.25) is 4.79 Å². The summed E-state index contributed by atoms with van der Waals surface area (Å²) in [5.74, 6) is -2.22. The summed E-state index contributed by atoms with van der Waals surface area (Å²) in [6.07, 6.45) is -0.0212. The molecule has 0 aromatic heterocycles. The number of benzene rings is 1. The molecule has 2 amide bonds. The zero-order chi connectivity index (χ0) is 18.1. The highest BCUT2D eigenvalue weighted by molar-refractivity contribution is 9.10. The zero-order valence-corrected chi connectivity index (χ0v) is 15.2. The maximum absolute atomic E-state index is 13.8. The van der Waals surface area contributed by atoms with Crippen molar-refractivity contribution in [3.63, 3.8) is 0 Å². The normalized spacial score (nSPS) is 17.8. The van der Waals surface area contributed by atoms with Crippen molar-refractivity contribution in [1.82, 2.24) is 10.2 Å². The largest absolute Gasteiger partial charge is 0.444 e. The van der Waals surface area contributed by atoms with Gasteiger partial charge in [-0.2, -0.15) is 0 Å². The van der Waals surface area contributed by atoms with Crippen LogP contribution in [0.2, 0.25) is 0 Å². The van der Waals surface area contributed by atoms with Crippen LogP contribution in [0, 0.1) is 11.6 Å². The quantitative estimate of drug-likeness (QED) is 0.767. The van der Waals surface area contributed by atoms with Gasteiger partial charge in [0.1, 0.15) is 17.2 Å². The average Bonchev–Trinajstić information content (AvgIpc) is 2.88. The Hall–Kier alpha value is -1.70. The summed E-state index contributed by atoms with van der Waals surface area (Å²) in [6.45, 7) is 5.88. The molecule has 8 heteroatoms. The fourth-order valence-corrected chi connectivity index (χ4v) is 2.74. The van der Waals surface area contributed by atoms with Gasteiger partial charge in [-0.05, 0) is 49.2 Å². The zero-order valence-electron chi connectivity index (χ0n) is 13.7. The molecule has 2 rings (SSSR count). The van der Waals surface area contributed by atoms with Crippen LogP contribution < -0.4 is 5.32 Å². The first-order chi connectivity index (χ1) is 11.1. The van der Waals surface area contributed by atoms with Crippen LogP contribution in [-0.4, -0.2) is 41.6 Å².